The summed E-state index contributed by atoms with van der Waals surface area (Å²) in [4.78, 5) is 10.2. The van der Waals surface area contributed by atoms with Gasteiger partial charge in [0, 0.05) is 11.4 Å². The number of benzene rings is 1. The van der Waals surface area contributed by atoms with Gasteiger partial charge in [0.25, 0.3) is 0 Å². The van der Waals surface area contributed by atoms with Crippen molar-refractivity contribution in [2.24, 2.45) is 0 Å². The van der Waals surface area contributed by atoms with Crippen molar-refractivity contribution < 1.29 is 9.90 Å². The van der Waals surface area contributed by atoms with Gasteiger partial charge in [0.2, 0.25) is 0 Å². The molecule has 0 aliphatic heterocycles. The molecule has 0 aliphatic carbocycles. The van der Waals surface area contributed by atoms with Gasteiger partial charge in [-0.1, -0.05) is 40.2 Å². The Bertz CT molecular complexity index is 331. The van der Waals surface area contributed by atoms with Crippen molar-refractivity contribution in [3.8, 4) is 0 Å². The smallest absolute Gasteiger partial charge is 0.328 e. The third-order valence-corrected chi connectivity index (χ3v) is 2.17. The fourth-order valence-corrected chi connectivity index (χ4v) is 1.30. The lowest BCUT2D eigenvalue weighted by atomic mass is 10.1. The van der Waals surface area contributed by atoms with Crippen molar-refractivity contribution in [2.75, 3.05) is 0 Å². The highest BCUT2D eigenvalue weighted by Crippen LogP contribution is 2.09. The number of carboxylic acids is 1. The van der Waals surface area contributed by atoms with E-state index in [2.05, 4.69) is 15.9 Å². The largest absolute Gasteiger partial charge is 0.478 e. The lowest BCUT2D eigenvalue weighted by Gasteiger charge is -1.96. The summed E-state index contributed by atoms with van der Waals surface area (Å²) in [5, 5.41) is 9.18. The molecule has 1 rings (SSSR count). The standard InChI is InChI=1S/C10H9BrO2/c11-7-9-3-1-2-8(6-9)4-5-10(12)13/h1-6H,7H2,(H,12,13)/b5-4+. The number of hydrogen-bond acceptors (Lipinski definition) is 1. The van der Waals surface area contributed by atoms with Crippen LogP contribution in [0.4, 0.5) is 0 Å². The van der Waals surface area contributed by atoms with Crippen molar-refractivity contribution in [3.05, 3.63) is 41.5 Å². The lowest BCUT2D eigenvalue weighted by molar-refractivity contribution is -0.131. The molecular formula is C10H9BrO2. The molecule has 3 heteroatoms. The average molecular weight is 241 g/mol. The van der Waals surface area contributed by atoms with Crippen LogP contribution in [0.2, 0.25) is 0 Å². The quantitative estimate of drug-likeness (QED) is 0.652. The molecule has 0 heterocycles. The number of alkyl halides is 1. The van der Waals surface area contributed by atoms with Crippen molar-refractivity contribution >= 4 is 28.0 Å². The minimum atomic E-state index is -0.927. The van der Waals surface area contributed by atoms with E-state index in [9.17, 15) is 4.79 Å². The molecule has 13 heavy (non-hydrogen) atoms. The Kier molecular flexibility index (Phi) is 3.71. The van der Waals surface area contributed by atoms with Crippen molar-refractivity contribution in [1.82, 2.24) is 0 Å². The molecule has 0 saturated carbocycles. The predicted octanol–water partition coefficient (Wildman–Crippen LogP) is 2.68. The maximum absolute atomic E-state index is 10.2. The van der Waals surface area contributed by atoms with Crippen molar-refractivity contribution in [3.63, 3.8) is 0 Å². The molecule has 0 aromatic heterocycles. The summed E-state index contributed by atoms with van der Waals surface area (Å²) in [7, 11) is 0. The molecule has 68 valence electrons. The second kappa shape index (κ2) is 4.82. The molecule has 0 atom stereocenters. The molecular weight excluding hydrogens is 232 g/mol. The summed E-state index contributed by atoms with van der Waals surface area (Å²) in [6, 6.07) is 7.69. The zero-order chi connectivity index (χ0) is 9.68. The zero-order valence-electron chi connectivity index (χ0n) is 6.90. The van der Waals surface area contributed by atoms with E-state index in [1.165, 1.54) is 0 Å². The molecule has 0 aliphatic rings. The topological polar surface area (TPSA) is 37.3 Å². The fourth-order valence-electron chi connectivity index (χ4n) is 0.947. The van der Waals surface area contributed by atoms with Crippen LogP contribution < -0.4 is 0 Å². The Morgan fingerprint density at radius 2 is 2.31 bits per heavy atom. The summed E-state index contributed by atoms with van der Waals surface area (Å²) < 4.78 is 0. The van der Waals surface area contributed by atoms with Crippen LogP contribution in [0, 0.1) is 0 Å². The molecule has 2 nitrogen and oxygen atoms in total. The first-order valence-electron chi connectivity index (χ1n) is 3.78. The first-order chi connectivity index (χ1) is 6.22. The number of halogens is 1. The molecule has 1 N–H and O–H groups in total. The lowest BCUT2D eigenvalue weighted by Crippen LogP contribution is -1.86. The van der Waals surface area contributed by atoms with Crippen LogP contribution in [0.1, 0.15) is 11.1 Å². The second-order valence-corrected chi connectivity index (χ2v) is 3.11. The fraction of sp³-hybridized carbons (Fsp3) is 0.100. The van der Waals surface area contributed by atoms with E-state index < -0.39 is 5.97 Å². The van der Waals surface area contributed by atoms with Gasteiger partial charge >= 0.3 is 5.97 Å². The molecule has 0 saturated heterocycles. The third kappa shape index (κ3) is 3.42. The highest BCUT2D eigenvalue weighted by atomic mass is 79.9. The maximum Gasteiger partial charge on any atom is 0.328 e. The van der Waals surface area contributed by atoms with Gasteiger partial charge in [-0.25, -0.2) is 4.79 Å². The molecule has 0 amide bonds. The summed E-state index contributed by atoms with van der Waals surface area (Å²) in [6.07, 6.45) is 2.71. The summed E-state index contributed by atoms with van der Waals surface area (Å²) in [5.41, 5.74) is 2.03. The van der Waals surface area contributed by atoms with E-state index in [1.54, 1.807) is 6.08 Å². The zero-order valence-corrected chi connectivity index (χ0v) is 8.49. The molecule has 0 bridgehead atoms. The number of carbonyl (C=O) groups is 1. The first kappa shape index (κ1) is 9.99. The van der Waals surface area contributed by atoms with Crippen LogP contribution >= 0.6 is 15.9 Å². The summed E-state index contributed by atoms with van der Waals surface area (Å²) >= 11 is 3.33. The average Bonchev–Trinajstić information content (AvgIpc) is 2.15. The van der Waals surface area contributed by atoms with Crippen LogP contribution in [-0.4, -0.2) is 11.1 Å². The van der Waals surface area contributed by atoms with E-state index >= 15 is 0 Å². The maximum atomic E-state index is 10.2. The number of hydrogen-bond donors (Lipinski definition) is 1. The summed E-state index contributed by atoms with van der Waals surface area (Å²) in [5.74, 6) is -0.927. The Balaban J connectivity index is 2.83. The van der Waals surface area contributed by atoms with Crippen molar-refractivity contribution in [1.29, 1.82) is 0 Å². The highest BCUT2D eigenvalue weighted by molar-refractivity contribution is 9.08. The Morgan fingerprint density at radius 1 is 1.54 bits per heavy atom. The molecule has 0 spiro atoms. The van der Waals surface area contributed by atoms with E-state index in [0.717, 1.165) is 22.5 Å². The minimum absolute atomic E-state index is 0.780. The van der Waals surface area contributed by atoms with E-state index in [0.29, 0.717) is 0 Å². The van der Waals surface area contributed by atoms with Crippen LogP contribution in [0.3, 0.4) is 0 Å². The normalized spacial score (nSPS) is 10.5. The molecule has 1 aromatic rings. The van der Waals surface area contributed by atoms with E-state index in [4.69, 9.17) is 5.11 Å². The second-order valence-electron chi connectivity index (χ2n) is 2.55. The van der Waals surface area contributed by atoms with Gasteiger partial charge in [0.15, 0.2) is 0 Å². The Morgan fingerprint density at radius 3 is 2.92 bits per heavy atom. The monoisotopic (exact) mass is 240 g/mol. The van der Waals surface area contributed by atoms with Crippen molar-refractivity contribution in [2.45, 2.75) is 5.33 Å². The van der Waals surface area contributed by atoms with Gasteiger partial charge < -0.3 is 5.11 Å². The minimum Gasteiger partial charge on any atom is -0.478 e. The summed E-state index contributed by atoms with van der Waals surface area (Å²) in [6.45, 7) is 0. The van der Waals surface area contributed by atoms with Gasteiger partial charge in [-0.3, -0.25) is 0 Å². The SMILES string of the molecule is O=C(O)/C=C/c1cccc(CBr)c1. The van der Waals surface area contributed by atoms with E-state index in [-0.39, 0.29) is 0 Å². The van der Waals surface area contributed by atoms with Gasteiger partial charge in [0.05, 0.1) is 0 Å². The first-order valence-corrected chi connectivity index (χ1v) is 4.90. The number of aliphatic carboxylic acids is 1. The molecule has 0 fully saturated rings. The van der Waals surface area contributed by atoms with Gasteiger partial charge in [-0.15, -0.1) is 0 Å². The van der Waals surface area contributed by atoms with Crippen LogP contribution in [0.25, 0.3) is 6.08 Å². The van der Waals surface area contributed by atoms with Gasteiger partial charge in [0.1, 0.15) is 0 Å². The van der Waals surface area contributed by atoms with Crippen LogP contribution in [0.15, 0.2) is 30.3 Å². The highest BCUT2D eigenvalue weighted by Gasteiger charge is 1.92. The number of carboxylic acid groups (broad SMARTS) is 1. The van der Waals surface area contributed by atoms with Gasteiger partial charge in [-0.05, 0) is 17.2 Å². The Labute approximate surface area is 85.0 Å². The third-order valence-electron chi connectivity index (χ3n) is 1.52. The van der Waals surface area contributed by atoms with Crippen LogP contribution in [0.5, 0.6) is 0 Å². The predicted molar refractivity (Wildman–Crippen MR) is 55.7 cm³/mol. The molecule has 0 radical (unpaired) electrons. The number of rotatable bonds is 3. The van der Waals surface area contributed by atoms with E-state index in [1.807, 2.05) is 24.3 Å². The molecule has 0 unspecified atom stereocenters. The van der Waals surface area contributed by atoms with Crippen LogP contribution in [-0.2, 0) is 10.1 Å². The van der Waals surface area contributed by atoms with Gasteiger partial charge in [-0.2, -0.15) is 0 Å². The Hall–Kier alpha value is -1.09. The molecule has 1 aromatic carbocycles.